The molecule has 4 N–H and O–H groups in total. The number of esters is 1. The summed E-state index contributed by atoms with van der Waals surface area (Å²) in [6.07, 6.45) is 6.01. The third-order valence-electron chi connectivity index (χ3n) is 15.3. The van der Waals surface area contributed by atoms with E-state index in [2.05, 4.69) is 70.6 Å². The van der Waals surface area contributed by atoms with Crippen molar-refractivity contribution < 1.29 is 33.8 Å². The lowest BCUT2D eigenvalue weighted by atomic mass is 9.77. The van der Waals surface area contributed by atoms with Crippen molar-refractivity contribution >= 4 is 34.6 Å². The van der Waals surface area contributed by atoms with Crippen LogP contribution in [0.1, 0.15) is 96.6 Å². The van der Waals surface area contributed by atoms with E-state index in [-0.39, 0.29) is 60.0 Å². The number of rotatable bonds is 9. The van der Waals surface area contributed by atoms with E-state index in [0.29, 0.717) is 37.9 Å². The molecule has 6 bridgehead atoms. The third kappa shape index (κ3) is 9.64. The smallest absolute Gasteiger partial charge is 0.324 e. The molecular formula is C53H70N8O7. The van der Waals surface area contributed by atoms with Gasteiger partial charge in [0.2, 0.25) is 11.8 Å². The summed E-state index contributed by atoms with van der Waals surface area (Å²) < 4.78 is 14.3. The van der Waals surface area contributed by atoms with Crippen LogP contribution in [-0.2, 0) is 48.0 Å². The number of fused-ring (bicyclic) bond motifs is 6. The molecule has 1 unspecified atom stereocenters. The van der Waals surface area contributed by atoms with Gasteiger partial charge in [-0.25, -0.2) is 5.43 Å². The minimum atomic E-state index is -1.02. The van der Waals surface area contributed by atoms with Crippen molar-refractivity contribution in [3.8, 4) is 28.1 Å². The second-order valence-electron chi connectivity index (χ2n) is 21.2. The lowest BCUT2D eigenvalue weighted by Crippen LogP contribution is -2.62. The molecule has 0 radical (unpaired) electrons. The first-order valence-corrected chi connectivity index (χ1v) is 24.8. The Balaban J connectivity index is 1.07. The van der Waals surface area contributed by atoms with E-state index in [1.54, 1.807) is 25.4 Å². The zero-order valence-corrected chi connectivity index (χ0v) is 40.9. The third-order valence-corrected chi connectivity index (χ3v) is 15.3. The van der Waals surface area contributed by atoms with Gasteiger partial charge in [0.1, 0.15) is 17.8 Å². The highest BCUT2D eigenvalue weighted by molar-refractivity contribution is 5.96. The highest BCUT2D eigenvalue weighted by Crippen LogP contribution is 2.44. The van der Waals surface area contributed by atoms with Gasteiger partial charge in [-0.3, -0.25) is 34.1 Å². The average Bonchev–Trinajstić information content (AvgIpc) is 4.05. The number of phenolic OH excluding ortho intramolecular Hbond substituents is 1. The Kier molecular flexibility index (Phi) is 13.5. The Bertz CT molecular complexity index is 2560. The summed E-state index contributed by atoms with van der Waals surface area (Å²) in [5, 5.41) is 20.3. The van der Waals surface area contributed by atoms with Crippen LogP contribution in [0.5, 0.6) is 5.75 Å². The number of benzene rings is 2. The van der Waals surface area contributed by atoms with E-state index in [1.807, 2.05) is 37.8 Å². The van der Waals surface area contributed by atoms with Crippen LogP contribution in [0.3, 0.4) is 0 Å². The zero-order valence-electron chi connectivity index (χ0n) is 40.9. The van der Waals surface area contributed by atoms with E-state index in [4.69, 9.17) is 14.5 Å². The number of ether oxygens (including phenoxy) is 2. The summed E-state index contributed by atoms with van der Waals surface area (Å²) in [5.74, 6) is -0.833. The minimum Gasteiger partial charge on any atom is -0.508 e. The number of aryl methyl sites for hydroxylation is 1. The molecular weight excluding hydrogens is 861 g/mol. The molecule has 4 aromatic rings. The monoisotopic (exact) mass is 931 g/mol. The van der Waals surface area contributed by atoms with Gasteiger partial charge in [-0.1, -0.05) is 39.8 Å². The van der Waals surface area contributed by atoms with Gasteiger partial charge in [0, 0.05) is 80.9 Å². The molecule has 2 aromatic carbocycles. The SMILES string of the molecule is CCn1c(-c2cccnc2[C@H](C)OC)c2c3cc(ccc31)-c1cc(O)cc(c1)C[C@H](NC(=O)C(C(C)C)N1CCC3(CCN(C(=O)[C@H]4CN4)CC3)C1)C(=O)N1CCC[C@H](N1)C(=O)OCC(C)(C)C2. The number of aromatic nitrogens is 2. The summed E-state index contributed by atoms with van der Waals surface area (Å²) in [4.78, 5) is 65.5. The average molecular weight is 931 g/mol. The van der Waals surface area contributed by atoms with Crippen LogP contribution >= 0.6 is 0 Å². The fraction of sp³-hybridized carbons (Fsp3) is 0.566. The molecule has 15 heteroatoms. The minimum absolute atomic E-state index is 0.0280. The number of piperidine rings is 1. The normalized spacial score (nSPS) is 23.9. The Morgan fingerprint density at radius 2 is 1.78 bits per heavy atom. The second kappa shape index (κ2) is 19.2. The highest BCUT2D eigenvalue weighted by atomic mass is 16.5. The molecule has 4 fully saturated rings. The molecule has 9 rings (SSSR count). The number of methoxy groups -OCH3 is 1. The molecule has 15 nitrogen and oxygen atoms in total. The Labute approximate surface area is 400 Å². The van der Waals surface area contributed by atoms with Gasteiger partial charge in [-0.05, 0) is 129 Å². The molecule has 7 heterocycles. The number of hydrazine groups is 1. The Hall–Kier alpha value is -5.35. The first-order valence-electron chi connectivity index (χ1n) is 24.8. The number of likely N-dealkylation sites (tertiary alicyclic amines) is 2. The summed E-state index contributed by atoms with van der Waals surface area (Å²) in [6, 6.07) is 13.5. The number of aromatic hydroxyl groups is 1. The Morgan fingerprint density at radius 1 is 1.01 bits per heavy atom. The molecule has 2 aromatic heterocycles. The van der Waals surface area contributed by atoms with E-state index < -0.39 is 29.5 Å². The number of cyclic esters (lactones) is 1. The molecule has 5 aliphatic heterocycles. The van der Waals surface area contributed by atoms with Gasteiger partial charge in [-0.2, -0.15) is 0 Å². The number of carbonyl (C=O) groups is 4. The maximum atomic E-state index is 14.8. The van der Waals surface area contributed by atoms with Gasteiger partial charge >= 0.3 is 5.97 Å². The van der Waals surface area contributed by atoms with E-state index in [9.17, 15) is 24.3 Å². The number of amides is 3. The number of hydrogen-bond donors (Lipinski definition) is 4. The first-order chi connectivity index (χ1) is 32.6. The summed E-state index contributed by atoms with van der Waals surface area (Å²) in [6.45, 7) is 17.3. The van der Waals surface area contributed by atoms with Gasteiger partial charge in [0.05, 0.1) is 36.2 Å². The topological polar surface area (TPSA) is 181 Å². The van der Waals surface area contributed by atoms with Crippen molar-refractivity contribution in [2.24, 2.45) is 16.7 Å². The van der Waals surface area contributed by atoms with Crippen LogP contribution in [0, 0.1) is 16.7 Å². The summed E-state index contributed by atoms with van der Waals surface area (Å²) >= 11 is 0. The molecule has 0 aliphatic carbocycles. The molecule has 5 aliphatic rings. The molecule has 1 spiro atoms. The predicted octanol–water partition coefficient (Wildman–Crippen LogP) is 5.76. The number of nitrogens with zero attached hydrogens (tertiary/aromatic N) is 5. The van der Waals surface area contributed by atoms with Crippen LogP contribution in [0.15, 0.2) is 54.7 Å². The molecule has 68 heavy (non-hydrogen) atoms. The quantitative estimate of drug-likeness (QED) is 0.118. The lowest BCUT2D eigenvalue weighted by Gasteiger charge is -2.40. The van der Waals surface area contributed by atoms with Crippen molar-refractivity contribution in [2.45, 2.75) is 123 Å². The number of pyridine rings is 1. The maximum Gasteiger partial charge on any atom is 0.324 e. The van der Waals surface area contributed by atoms with Gasteiger partial charge in [-0.15, -0.1) is 0 Å². The first kappa shape index (κ1) is 47.7. The van der Waals surface area contributed by atoms with Crippen molar-refractivity contribution in [1.29, 1.82) is 0 Å². The maximum absolute atomic E-state index is 14.8. The van der Waals surface area contributed by atoms with E-state index in [1.165, 1.54) is 5.01 Å². The predicted molar refractivity (Wildman–Crippen MR) is 260 cm³/mol. The van der Waals surface area contributed by atoms with Gasteiger partial charge < -0.3 is 34.7 Å². The second-order valence-corrected chi connectivity index (χ2v) is 21.2. The van der Waals surface area contributed by atoms with Crippen LogP contribution in [0.25, 0.3) is 33.3 Å². The number of hydrogen-bond acceptors (Lipinski definition) is 11. The molecule has 5 atom stereocenters. The molecule has 4 saturated heterocycles. The van der Waals surface area contributed by atoms with Crippen molar-refractivity contribution in [3.63, 3.8) is 0 Å². The van der Waals surface area contributed by atoms with Gasteiger partial charge in [0.15, 0.2) is 0 Å². The number of nitrogens with one attached hydrogen (secondary N) is 3. The largest absolute Gasteiger partial charge is 0.508 e. The molecule has 0 saturated carbocycles. The van der Waals surface area contributed by atoms with E-state index in [0.717, 1.165) is 96.5 Å². The number of phenols is 1. The standard InChI is InChI=1S/C53H70N8O7/c1-8-60-44-14-13-35-27-39(44)40(47(60)38-11-9-18-54-45(38)33(4)67-7)28-52(5,6)31-68-51(66)41-12-10-19-61(57-41)50(65)42(25-34-23-36(35)26-37(62)24-34)56-48(63)46(32(2)3)59-22-17-53(30-59)15-20-58(21-16-53)49(64)43-29-55-43/h9,11,13-14,18,23-24,26-27,32-33,41-43,46,55,57,62H,8,10,12,15-17,19-22,25,28-31H2,1-7H3,(H,56,63)/t33-,41-,42-,43+,46?/m0/s1. The van der Waals surface area contributed by atoms with E-state index >= 15 is 0 Å². The summed E-state index contributed by atoms with van der Waals surface area (Å²) in [5.41, 5.74) is 10.0. The number of carbonyl (C=O) groups excluding carboxylic acids is 4. The van der Waals surface area contributed by atoms with Crippen LogP contribution < -0.4 is 16.1 Å². The lowest BCUT2D eigenvalue weighted by molar-refractivity contribution is -0.155. The molecule has 3 amide bonds. The fourth-order valence-corrected chi connectivity index (χ4v) is 11.5. The molecule has 364 valence electrons. The summed E-state index contributed by atoms with van der Waals surface area (Å²) in [7, 11) is 1.69. The van der Waals surface area contributed by atoms with Crippen LogP contribution in [0.2, 0.25) is 0 Å². The van der Waals surface area contributed by atoms with Crippen LogP contribution in [0.4, 0.5) is 0 Å². The van der Waals surface area contributed by atoms with Gasteiger partial charge in [0.25, 0.3) is 5.91 Å². The van der Waals surface area contributed by atoms with Crippen LogP contribution in [-0.4, -0.2) is 130 Å². The van der Waals surface area contributed by atoms with Crippen molar-refractivity contribution in [3.05, 3.63) is 71.5 Å². The fourth-order valence-electron chi connectivity index (χ4n) is 11.5. The zero-order chi connectivity index (χ0) is 48.1. The Morgan fingerprint density at radius 3 is 2.50 bits per heavy atom. The van der Waals surface area contributed by atoms with Crippen molar-refractivity contribution in [1.82, 2.24) is 40.4 Å². The highest BCUT2D eigenvalue weighted by Gasteiger charge is 2.47. The van der Waals surface area contributed by atoms with Crippen molar-refractivity contribution in [2.75, 3.05) is 53.0 Å².